The first-order chi connectivity index (χ1) is 20.7. The number of H-pyrrole nitrogens is 1. The number of ether oxygens (including phenoxy) is 2. The molecule has 3 amide bonds. The Morgan fingerprint density at radius 1 is 1.16 bits per heavy atom. The molecule has 4 rings (SSSR count). The lowest BCUT2D eigenvalue weighted by Crippen LogP contribution is -2.54. The van der Waals surface area contributed by atoms with Gasteiger partial charge >= 0.3 is 0 Å². The number of nitrogens with one attached hydrogen (secondary N) is 4. The molecule has 1 fully saturated rings. The van der Waals surface area contributed by atoms with E-state index in [1.807, 2.05) is 26.0 Å². The first-order valence-corrected chi connectivity index (χ1v) is 14.2. The number of carbonyl (C=O) groups is 4. The number of aromatic nitrogens is 2. The number of benzene rings is 1. The first-order valence-electron chi connectivity index (χ1n) is 14.2. The minimum absolute atomic E-state index is 0.0444. The quantitative estimate of drug-likeness (QED) is 0.236. The predicted molar refractivity (Wildman–Crippen MR) is 157 cm³/mol. The van der Waals surface area contributed by atoms with Crippen LogP contribution >= 0.6 is 0 Å². The van der Waals surface area contributed by atoms with E-state index in [-0.39, 0.29) is 29.8 Å². The monoisotopic (exact) mass is 588 g/mol. The Labute approximate surface area is 249 Å². The van der Waals surface area contributed by atoms with E-state index in [0.29, 0.717) is 36.2 Å². The van der Waals surface area contributed by atoms with Crippen LogP contribution < -0.4 is 25.4 Å². The summed E-state index contributed by atoms with van der Waals surface area (Å²) in [6, 6.07) is 10.0. The number of rotatable bonds is 13. The highest BCUT2D eigenvalue weighted by atomic mass is 16.5. The maximum Gasteiger partial charge on any atom is 0.268 e. The number of hydrogen-bond acceptors (Lipinski definition) is 8. The topological polar surface area (TPSA) is 175 Å². The molecule has 0 bridgehead atoms. The number of piperidine rings is 1. The van der Waals surface area contributed by atoms with E-state index in [9.17, 15) is 19.2 Å². The minimum Gasteiger partial charge on any atom is -0.496 e. The summed E-state index contributed by atoms with van der Waals surface area (Å²) in [6.45, 7) is 4.01. The Hall–Kier alpha value is -4.92. The molecule has 1 saturated heterocycles. The lowest BCUT2D eigenvalue weighted by molar-refractivity contribution is -0.132. The zero-order chi connectivity index (χ0) is 30.9. The molecule has 3 atom stereocenters. The van der Waals surface area contributed by atoms with Gasteiger partial charge in [0.25, 0.3) is 5.91 Å². The fourth-order valence-corrected chi connectivity index (χ4v) is 5.03. The van der Waals surface area contributed by atoms with Crippen molar-refractivity contribution in [1.29, 1.82) is 5.26 Å². The van der Waals surface area contributed by atoms with Gasteiger partial charge in [-0.15, -0.1) is 0 Å². The van der Waals surface area contributed by atoms with Crippen molar-refractivity contribution in [2.75, 3.05) is 20.3 Å². The Bertz CT molecular complexity index is 1510. The Morgan fingerprint density at radius 2 is 1.98 bits per heavy atom. The standard InChI is InChI=1S/C31H36N6O6/c1-18(2)12-24(37-31(41)25-14-21-22(35-25)7-4-8-27(21)42-3)30(40)36-23(13-20-6-5-11-33-29(20)39)26(38)17-43-28-10-9-19(15-32)16-34-28/h4,7-10,14,16,18,20,23-24,35H,5-6,11-13,17H2,1-3H3,(H,33,39)(H,36,40)(H,37,41)/t20-,23-,24-/m0/s1. The van der Waals surface area contributed by atoms with E-state index < -0.39 is 42.2 Å². The molecule has 226 valence electrons. The fourth-order valence-electron chi connectivity index (χ4n) is 5.03. The van der Waals surface area contributed by atoms with Crippen LogP contribution in [0, 0.1) is 23.2 Å². The number of nitrogens with zero attached hydrogens (tertiary/aromatic N) is 2. The fraction of sp³-hybridized carbons (Fsp3) is 0.419. The lowest BCUT2D eigenvalue weighted by Gasteiger charge is -2.28. The van der Waals surface area contributed by atoms with E-state index in [4.69, 9.17) is 14.7 Å². The van der Waals surface area contributed by atoms with Crippen LogP contribution in [0.1, 0.15) is 55.6 Å². The number of fused-ring (bicyclic) bond motifs is 1. The average molecular weight is 589 g/mol. The molecule has 12 nitrogen and oxygen atoms in total. The molecule has 2 aromatic heterocycles. The molecule has 3 heterocycles. The molecule has 1 aliphatic rings. The summed E-state index contributed by atoms with van der Waals surface area (Å²) in [6.07, 6.45) is 3.08. The number of aromatic amines is 1. The van der Waals surface area contributed by atoms with E-state index in [2.05, 4.69) is 25.9 Å². The van der Waals surface area contributed by atoms with Gasteiger partial charge in [0, 0.05) is 35.6 Å². The highest BCUT2D eigenvalue weighted by Crippen LogP contribution is 2.26. The SMILES string of the molecule is COc1cccc2[nH]c(C(=O)N[C@@H](CC(C)C)C(=O)N[C@@H](C[C@@H]3CCCNC3=O)C(=O)COc3ccc(C#N)cn3)cc12. The van der Waals surface area contributed by atoms with Crippen LogP contribution in [-0.2, 0) is 14.4 Å². The molecule has 0 unspecified atom stereocenters. The van der Waals surface area contributed by atoms with Gasteiger partial charge in [0.2, 0.25) is 17.7 Å². The third kappa shape index (κ3) is 8.09. The predicted octanol–water partition coefficient (Wildman–Crippen LogP) is 2.64. The van der Waals surface area contributed by atoms with Crippen LogP contribution in [-0.4, -0.2) is 65.8 Å². The van der Waals surface area contributed by atoms with Crippen LogP contribution in [0.3, 0.4) is 0 Å². The number of ketones is 1. The maximum absolute atomic E-state index is 13.6. The molecule has 0 aliphatic carbocycles. The largest absolute Gasteiger partial charge is 0.496 e. The molecular weight excluding hydrogens is 552 g/mol. The summed E-state index contributed by atoms with van der Waals surface area (Å²) >= 11 is 0. The van der Waals surface area contributed by atoms with Gasteiger partial charge in [0.05, 0.1) is 18.7 Å². The van der Waals surface area contributed by atoms with Crippen molar-refractivity contribution in [3.63, 3.8) is 0 Å². The zero-order valence-electron chi connectivity index (χ0n) is 24.4. The van der Waals surface area contributed by atoms with Gasteiger partial charge in [-0.3, -0.25) is 19.2 Å². The molecule has 43 heavy (non-hydrogen) atoms. The molecule has 0 spiro atoms. The third-order valence-corrected chi connectivity index (χ3v) is 7.27. The van der Waals surface area contributed by atoms with E-state index in [1.54, 1.807) is 25.3 Å². The number of nitriles is 1. The molecule has 1 aliphatic heterocycles. The van der Waals surface area contributed by atoms with Crippen LogP contribution in [0.25, 0.3) is 10.9 Å². The van der Waals surface area contributed by atoms with Crippen molar-refractivity contribution in [1.82, 2.24) is 25.9 Å². The second-order valence-electron chi connectivity index (χ2n) is 10.9. The molecule has 4 N–H and O–H groups in total. The average Bonchev–Trinajstić information content (AvgIpc) is 3.45. The van der Waals surface area contributed by atoms with Crippen molar-refractivity contribution in [2.45, 2.75) is 51.6 Å². The molecule has 0 radical (unpaired) electrons. The van der Waals surface area contributed by atoms with Crippen molar-refractivity contribution in [3.8, 4) is 17.7 Å². The van der Waals surface area contributed by atoms with Crippen molar-refractivity contribution < 1.29 is 28.7 Å². The van der Waals surface area contributed by atoms with Gasteiger partial charge in [-0.05, 0) is 55.9 Å². The Balaban J connectivity index is 1.50. The highest BCUT2D eigenvalue weighted by Gasteiger charge is 2.33. The van der Waals surface area contributed by atoms with Crippen LogP contribution in [0.5, 0.6) is 11.6 Å². The van der Waals surface area contributed by atoms with Gasteiger partial charge in [0.1, 0.15) is 23.6 Å². The number of carbonyl (C=O) groups excluding carboxylic acids is 4. The Kier molecular flexibility index (Phi) is 10.3. The number of methoxy groups -OCH3 is 1. The summed E-state index contributed by atoms with van der Waals surface area (Å²) in [5.74, 6) is -1.31. The molecular formula is C31H36N6O6. The zero-order valence-corrected chi connectivity index (χ0v) is 24.4. The molecule has 12 heteroatoms. The van der Waals surface area contributed by atoms with Crippen LogP contribution in [0.2, 0.25) is 0 Å². The van der Waals surface area contributed by atoms with Gasteiger partial charge in [-0.25, -0.2) is 4.98 Å². The van der Waals surface area contributed by atoms with E-state index in [0.717, 1.165) is 11.8 Å². The van der Waals surface area contributed by atoms with Gasteiger partial charge < -0.3 is 30.4 Å². The molecule has 3 aromatic rings. The summed E-state index contributed by atoms with van der Waals surface area (Å²) < 4.78 is 10.9. The second-order valence-corrected chi connectivity index (χ2v) is 10.9. The molecule has 0 saturated carbocycles. The molecule has 1 aromatic carbocycles. The van der Waals surface area contributed by atoms with E-state index in [1.165, 1.54) is 18.3 Å². The smallest absolute Gasteiger partial charge is 0.268 e. The lowest BCUT2D eigenvalue weighted by atomic mass is 9.90. The van der Waals surface area contributed by atoms with Crippen molar-refractivity contribution in [3.05, 3.63) is 53.9 Å². The van der Waals surface area contributed by atoms with E-state index >= 15 is 0 Å². The third-order valence-electron chi connectivity index (χ3n) is 7.27. The number of amides is 3. The highest BCUT2D eigenvalue weighted by molar-refractivity contribution is 6.02. The van der Waals surface area contributed by atoms with Gasteiger partial charge in [0.15, 0.2) is 12.4 Å². The van der Waals surface area contributed by atoms with Crippen molar-refractivity contribution in [2.24, 2.45) is 11.8 Å². The van der Waals surface area contributed by atoms with Gasteiger partial charge in [-0.2, -0.15) is 5.26 Å². The van der Waals surface area contributed by atoms with Crippen LogP contribution in [0.4, 0.5) is 0 Å². The number of hydrogen-bond donors (Lipinski definition) is 4. The normalized spacial score (nSPS) is 16.1. The second kappa shape index (κ2) is 14.3. The van der Waals surface area contributed by atoms with Crippen LogP contribution in [0.15, 0.2) is 42.6 Å². The number of pyridine rings is 1. The van der Waals surface area contributed by atoms with Crippen molar-refractivity contribution >= 4 is 34.4 Å². The number of Topliss-reactive ketones (excluding diaryl/α,β-unsaturated/α-hetero) is 1. The maximum atomic E-state index is 13.6. The van der Waals surface area contributed by atoms with Gasteiger partial charge in [-0.1, -0.05) is 19.9 Å². The first kappa shape index (κ1) is 31.0. The summed E-state index contributed by atoms with van der Waals surface area (Å²) in [7, 11) is 1.55. The minimum atomic E-state index is -1.04. The summed E-state index contributed by atoms with van der Waals surface area (Å²) in [4.78, 5) is 59.8. The summed E-state index contributed by atoms with van der Waals surface area (Å²) in [5, 5.41) is 18.1. The summed E-state index contributed by atoms with van der Waals surface area (Å²) in [5.41, 5.74) is 1.32. The Morgan fingerprint density at radius 3 is 2.65 bits per heavy atom.